The molecule has 0 amide bonds. The number of nitro benzene ring substituents is 1. The van der Waals surface area contributed by atoms with Crippen molar-refractivity contribution in [1.29, 1.82) is 0 Å². The van der Waals surface area contributed by atoms with Crippen molar-refractivity contribution >= 4 is 46.7 Å². The van der Waals surface area contributed by atoms with Gasteiger partial charge in [-0.15, -0.1) is 0 Å². The molecule has 5 nitrogen and oxygen atoms in total. The number of rotatable bonds is 3. The van der Waals surface area contributed by atoms with Crippen LogP contribution in [0.1, 0.15) is 11.1 Å². The molecule has 0 N–H and O–H groups in total. The minimum absolute atomic E-state index is 0.0887. The SMILES string of the molecule is O=C1OC(c2ccc(Cl)c(Cl)c2)=C/C1=C/c1ccccc1[N+](=O)[O-]. The third-order valence-electron chi connectivity index (χ3n) is 3.37. The van der Waals surface area contributed by atoms with E-state index < -0.39 is 10.9 Å². The maximum Gasteiger partial charge on any atom is 0.343 e. The molecule has 0 aromatic heterocycles. The Kier molecular flexibility index (Phi) is 4.38. The summed E-state index contributed by atoms with van der Waals surface area (Å²) in [6.07, 6.45) is 2.93. The summed E-state index contributed by atoms with van der Waals surface area (Å²) in [5.74, 6) is -0.280. The quantitative estimate of drug-likeness (QED) is 0.338. The number of esters is 1. The summed E-state index contributed by atoms with van der Waals surface area (Å²) in [5.41, 5.74) is 1.03. The van der Waals surface area contributed by atoms with Gasteiger partial charge < -0.3 is 4.74 Å². The fourth-order valence-electron chi connectivity index (χ4n) is 2.22. The van der Waals surface area contributed by atoms with Crippen LogP contribution in [-0.4, -0.2) is 10.9 Å². The van der Waals surface area contributed by atoms with E-state index >= 15 is 0 Å². The van der Waals surface area contributed by atoms with Crippen LogP contribution in [0, 0.1) is 10.1 Å². The Morgan fingerprint density at radius 2 is 1.83 bits per heavy atom. The van der Waals surface area contributed by atoms with Gasteiger partial charge in [-0.05, 0) is 36.4 Å². The van der Waals surface area contributed by atoms with Gasteiger partial charge in [-0.2, -0.15) is 0 Å². The van der Waals surface area contributed by atoms with Gasteiger partial charge in [0.25, 0.3) is 5.69 Å². The number of hydrogen-bond donors (Lipinski definition) is 0. The first-order chi connectivity index (χ1) is 11.5. The van der Waals surface area contributed by atoms with E-state index in [0.717, 1.165) is 0 Å². The molecular weight excluding hydrogens is 353 g/mol. The predicted octanol–water partition coefficient (Wildman–Crippen LogP) is 4.88. The molecule has 0 bridgehead atoms. The van der Waals surface area contributed by atoms with E-state index in [1.165, 1.54) is 18.2 Å². The highest BCUT2D eigenvalue weighted by Crippen LogP contribution is 2.32. The first kappa shape index (κ1) is 16.2. The van der Waals surface area contributed by atoms with Crippen molar-refractivity contribution in [2.24, 2.45) is 0 Å². The second-order valence-corrected chi connectivity index (χ2v) is 5.76. The van der Waals surface area contributed by atoms with E-state index in [9.17, 15) is 14.9 Å². The van der Waals surface area contributed by atoms with Crippen LogP contribution >= 0.6 is 23.2 Å². The van der Waals surface area contributed by atoms with Crippen LogP contribution in [0.25, 0.3) is 11.8 Å². The molecule has 2 aromatic carbocycles. The van der Waals surface area contributed by atoms with Crippen LogP contribution in [0.15, 0.2) is 54.1 Å². The number of carbonyl (C=O) groups excluding carboxylic acids is 1. The fraction of sp³-hybridized carbons (Fsp3) is 0. The minimum Gasteiger partial charge on any atom is -0.422 e. The Morgan fingerprint density at radius 3 is 2.54 bits per heavy atom. The maximum atomic E-state index is 12.0. The molecule has 1 aliphatic rings. The van der Waals surface area contributed by atoms with Crippen molar-refractivity contribution in [2.45, 2.75) is 0 Å². The molecule has 24 heavy (non-hydrogen) atoms. The molecule has 3 rings (SSSR count). The predicted molar refractivity (Wildman–Crippen MR) is 91.6 cm³/mol. The number of para-hydroxylation sites is 1. The molecule has 0 fully saturated rings. The lowest BCUT2D eigenvalue weighted by atomic mass is 10.1. The van der Waals surface area contributed by atoms with Crippen molar-refractivity contribution in [3.8, 4) is 0 Å². The van der Waals surface area contributed by atoms with Gasteiger partial charge in [0.2, 0.25) is 0 Å². The van der Waals surface area contributed by atoms with Gasteiger partial charge in [0.15, 0.2) is 0 Å². The molecule has 1 heterocycles. The van der Waals surface area contributed by atoms with E-state index in [1.54, 1.807) is 36.4 Å². The lowest BCUT2D eigenvalue weighted by molar-refractivity contribution is -0.385. The smallest absolute Gasteiger partial charge is 0.343 e. The molecule has 7 heteroatoms. The number of benzene rings is 2. The number of carbonyl (C=O) groups is 1. The van der Waals surface area contributed by atoms with Gasteiger partial charge in [-0.3, -0.25) is 10.1 Å². The number of cyclic esters (lactones) is 1. The van der Waals surface area contributed by atoms with Gasteiger partial charge in [0.05, 0.1) is 26.1 Å². The Labute approximate surface area is 146 Å². The lowest BCUT2D eigenvalue weighted by Crippen LogP contribution is -1.98. The molecule has 0 aliphatic carbocycles. The minimum atomic E-state index is -0.589. The first-order valence-corrected chi connectivity index (χ1v) is 7.56. The molecule has 0 radical (unpaired) electrons. The highest BCUT2D eigenvalue weighted by atomic mass is 35.5. The highest BCUT2D eigenvalue weighted by molar-refractivity contribution is 6.42. The van der Waals surface area contributed by atoms with E-state index in [0.29, 0.717) is 26.9 Å². The van der Waals surface area contributed by atoms with Crippen LogP contribution in [0.5, 0.6) is 0 Å². The normalized spacial score (nSPS) is 15.3. The Balaban J connectivity index is 2.00. The molecular formula is C17H9Cl2NO4. The van der Waals surface area contributed by atoms with E-state index in [4.69, 9.17) is 27.9 Å². The van der Waals surface area contributed by atoms with Crippen LogP contribution < -0.4 is 0 Å². The highest BCUT2D eigenvalue weighted by Gasteiger charge is 2.23. The van der Waals surface area contributed by atoms with Gasteiger partial charge in [0, 0.05) is 11.6 Å². The number of nitrogens with zero attached hydrogens (tertiary/aromatic N) is 1. The summed E-state index contributed by atoms with van der Waals surface area (Å²) in [6.45, 7) is 0. The van der Waals surface area contributed by atoms with E-state index in [-0.39, 0.29) is 11.3 Å². The average Bonchev–Trinajstić information content (AvgIpc) is 2.91. The number of hydrogen-bond acceptors (Lipinski definition) is 4. The van der Waals surface area contributed by atoms with Crippen molar-refractivity contribution in [1.82, 2.24) is 0 Å². The lowest BCUT2D eigenvalue weighted by Gasteiger charge is -2.03. The van der Waals surface area contributed by atoms with Crippen LogP contribution in [0.3, 0.4) is 0 Å². The van der Waals surface area contributed by atoms with Gasteiger partial charge in [0.1, 0.15) is 5.76 Å². The van der Waals surface area contributed by atoms with Crippen molar-refractivity contribution in [3.05, 3.63) is 85.4 Å². The molecule has 120 valence electrons. The third kappa shape index (κ3) is 3.18. The van der Waals surface area contributed by atoms with E-state index in [2.05, 4.69) is 0 Å². The van der Waals surface area contributed by atoms with Crippen molar-refractivity contribution < 1.29 is 14.5 Å². The van der Waals surface area contributed by atoms with Crippen LogP contribution in [-0.2, 0) is 9.53 Å². The van der Waals surface area contributed by atoms with Crippen LogP contribution in [0.4, 0.5) is 5.69 Å². The summed E-state index contributed by atoms with van der Waals surface area (Å²) in [4.78, 5) is 22.6. The standard InChI is InChI=1S/C17H9Cl2NO4/c18-13-6-5-11(8-14(13)19)16-9-12(17(21)24-16)7-10-3-1-2-4-15(10)20(22)23/h1-9H/b12-7-. The van der Waals surface area contributed by atoms with E-state index in [1.807, 2.05) is 0 Å². The Hall–Kier alpha value is -2.63. The zero-order chi connectivity index (χ0) is 17.3. The Bertz CT molecular complexity index is 919. The fourth-order valence-corrected chi connectivity index (χ4v) is 2.52. The monoisotopic (exact) mass is 361 g/mol. The molecule has 0 spiro atoms. The topological polar surface area (TPSA) is 69.4 Å². The molecule has 2 aromatic rings. The number of halogens is 2. The molecule has 0 saturated carbocycles. The second-order valence-electron chi connectivity index (χ2n) is 4.94. The Morgan fingerprint density at radius 1 is 1.08 bits per heavy atom. The van der Waals surface area contributed by atoms with Crippen molar-refractivity contribution in [2.75, 3.05) is 0 Å². The first-order valence-electron chi connectivity index (χ1n) is 6.80. The second kappa shape index (κ2) is 6.47. The zero-order valence-corrected chi connectivity index (χ0v) is 13.5. The summed E-state index contributed by atoms with van der Waals surface area (Å²) >= 11 is 11.8. The maximum absolute atomic E-state index is 12.0. The zero-order valence-electron chi connectivity index (χ0n) is 12.0. The number of ether oxygens (including phenoxy) is 1. The molecule has 1 aliphatic heterocycles. The molecule has 0 atom stereocenters. The van der Waals surface area contributed by atoms with Crippen LogP contribution in [0.2, 0.25) is 10.0 Å². The summed E-state index contributed by atoms with van der Waals surface area (Å²) in [5, 5.41) is 11.8. The number of nitro groups is 1. The third-order valence-corrected chi connectivity index (χ3v) is 4.11. The van der Waals surface area contributed by atoms with Gasteiger partial charge >= 0.3 is 5.97 Å². The van der Waals surface area contributed by atoms with Crippen molar-refractivity contribution in [3.63, 3.8) is 0 Å². The summed E-state index contributed by atoms with van der Waals surface area (Å²) in [7, 11) is 0. The molecule has 0 unspecified atom stereocenters. The average molecular weight is 362 g/mol. The summed E-state index contributed by atoms with van der Waals surface area (Å²) < 4.78 is 5.21. The van der Waals surface area contributed by atoms with Gasteiger partial charge in [-0.25, -0.2) is 4.79 Å². The molecule has 0 saturated heterocycles. The van der Waals surface area contributed by atoms with Gasteiger partial charge in [-0.1, -0.05) is 35.3 Å². The largest absolute Gasteiger partial charge is 0.422 e. The summed E-state index contributed by atoms with van der Waals surface area (Å²) in [6, 6.07) is 11.0.